The van der Waals surface area contributed by atoms with Gasteiger partial charge in [-0.1, -0.05) is 30.3 Å². The summed E-state index contributed by atoms with van der Waals surface area (Å²) < 4.78 is 20.9. The first-order valence-corrected chi connectivity index (χ1v) is 11.5. The zero-order valence-electron chi connectivity index (χ0n) is 19.2. The first-order chi connectivity index (χ1) is 16.5. The van der Waals surface area contributed by atoms with E-state index < -0.39 is 6.04 Å². The number of carbonyl (C=O) groups is 2. The third kappa shape index (κ3) is 5.81. The molecule has 178 valence electrons. The maximum absolute atomic E-state index is 13.5. The highest BCUT2D eigenvalue weighted by molar-refractivity contribution is 5.82. The number of likely N-dealkylation sites (tertiary alicyclic amines) is 1. The third-order valence-electron chi connectivity index (χ3n) is 6.08. The number of hydrogen-bond donors (Lipinski definition) is 1. The van der Waals surface area contributed by atoms with Crippen molar-refractivity contribution in [3.8, 4) is 5.75 Å². The van der Waals surface area contributed by atoms with Crippen LogP contribution in [0.1, 0.15) is 36.7 Å². The van der Waals surface area contributed by atoms with E-state index in [1.54, 1.807) is 29.4 Å². The molecule has 2 heterocycles. The number of carbonyl (C=O) groups excluding carboxylic acids is 2. The highest BCUT2D eigenvalue weighted by atomic mass is 19.1. The highest BCUT2D eigenvalue weighted by Crippen LogP contribution is 2.24. The van der Waals surface area contributed by atoms with Gasteiger partial charge in [0.15, 0.2) is 0 Å². The Hall–Kier alpha value is -3.68. The topological polar surface area (TPSA) is 76.5 Å². The van der Waals surface area contributed by atoms with Crippen molar-refractivity contribution in [3.05, 3.63) is 84.2 Å². The molecule has 2 atom stereocenters. The molecular weight excluding hydrogens is 435 g/mol. The number of ether oxygens (including phenoxy) is 1. The number of para-hydroxylation sites is 1. The van der Waals surface area contributed by atoms with Crippen LogP contribution >= 0.6 is 0 Å². The molecule has 0 radical (unpaired) electrons. The van der Waals surface area contributed by atoms with Gasteiger partial charge < -0.3 is 19.5 Å². The summed E-state index contributed by atoms with van der Waals surface area (Å²) in [4.78, 5) is 32.1. The molecule has 2 amide bonds. The average Bonchev–Trinajstić information content (AvgIpc) is 3.29. The zero-order valence-corrected chi connectivity index (χ0v) is 19.2. The van der Waals surface area contributed by atoms with Gasteiger partial charge in [-0.25, -0.2) is 9.37 Å². The second kappa shape index (κ2) is 11.0. The minimum Gasteiger partial charge on any atom is -0.493 e. The van der Waals surface area contributed by atoms with Crippen LogP contribution in [-0.2, 0) is 16.6 Å². The van der Waals surface area contributed by atoms with Crippen molar-refractivity contribution in [3.63, 3.8) is 0 Å². The van der Waals surface area contributed by atoms with Crippen LogP contribution < -0.4 is 10.1 Å². The second-order valence-corrected chi connectivity index (χ2v) is 8.48. The third-order valence-corrected chi connectivity index (χ3v) is 6.08. The van der Waals surface area contributed by atoms with Crippen LogP contribution in [-0.4, -0.2) is 46.0 Å². The molecule has 1 N–H and O–H groups in total. The first kappa shape index (κ1) is 23.5. The number of nitrogens with one attached hydrogen (secondary N) is 1. The van der Waals surface area contributed by atoms with Crippen LogP contribution in [0.4, 0.5) is 4.39 Å². The molecule has 0 spiro atoms. The summed E-state index contributed by atoms with van der Waals surface area (Å²) >= 11 is 0. The van der Waals surface area contributed by atoms with Crippen molar-refractivity contribution in [2.24, 2.45) is 13.0 Å². The molecule has 0 bridgehead atoms. The zero-order chi connectivity index (χ0) is 23.9. The Morgan fingerprint density at radius 2 is 1.94 bits per heavy atom. The number of aromatic nitrogens is 2. The predicted molar refractivity (Wildman–Crippen MR) is 125 cm³/mol. The van der Waals surface area contributed by atoms with Crippen molar-refractivity contribution in [1.82, 2.24) is 19.8 Å². The van der Waals surface area contributed by atoms with Gasteiger partial charge in [-0.3, -0.25) is 9.59 Å². The SMILES string of the molecule is Cn1ccnc1C(NC(=O)C1CCCN(C(=O)CCOc2ccccc2)C1)c1ccc(F)cc1. The van der Waals surface area contributed by atoms with Gasteiger partial charge in [0.25, 0.3) is 0 Å². The molecule has 3 aromatic rings. The Morgan fingerprint density at radius 3 is 2.65 bits per heavy atom. The summed E-state index contributed by atoms with van der Waals surface area (Å²) in [5.41, 5.74) is 0.742. The molecule has 4 rings (SSSR count). The monoisotopic (exact) mass is 464 g/mol. The van der Waals surface area contributed by atoms with E-state index in [-0.39, 0.29) is 30.0 Å². The number of piperidine rings is 1. The summed E-state index contributed by atoms with van der Waals surface area (Å²) in [5.74, 6) is 0.555. The Balaban J connectivity index is 1.37. The molecule has 1 aliphatic rings. The van der Waals surface area contributed by atoms with E-state index in [1.807, 2.05) is 41.9 Å². The van der Waals surface area contributed by atoms with E-state index in [0.29, 0.717) is 31.9 Å². The lowest BCUT2D eigenvalue weighted by Gasteiger charge is -2.33. The highest BCUT2D eigenvalue weighted by Gasteiger charge is 2.31. The second-order valence-electron chi connectivity index (χ2n) is 8.48. The van der Waals surface area contributed by atoms with Crippen molar-refractivity contribution in [2.45, 2.75) is 25.3 Å². The van der Waals surface area contributed by atoms with Crippen molar-refractivity contribution >= 4 is 11.8 Å². The lowest BCUT2D eigenvalue weighted by atomic mass is 9.95. The minimum absolute atomic E-state index is 0.0207. The summed E-state index contributed by atoms with van der Waals surface area (Å²) in [7, 11) is 1.85. The predicted octanol–water partition coefficient (Wildman–Crippen LogP) is 3.47. The Bertz CT molecular complexity index is 1100. The number of benzene rings is 2. The fourth-order valence-corrected chi connectivity index (χ4v) is 4.22. The molecule has 34 heavy (non-hydrogen) atoms. The quantitative estimate of drug-likeness (QED) is 0.554. The number of aryl methyl sites for hydroxylation is 1. The molecule has 2 aromatic carbocycles. The van der Waals surface area contributed by atoms with Gasteiger partial charge in [-0.15, -0.1) is 0 Å². The van der Waals surface area contributed by atoms with E-state index in [0.717, 1.165) is 17.7 Å². The molecule has 1 saturated heterocycles. The Labute approximate surface area is 198 Å². The molecule has 2 unspecified atom stereocenters. The number of amides is 2. The number of rotatable bonds is 8. The first-order valence-electron chi connectivity index (χ1n) is 11.5. The van der Waals surface area contributed by atoms with Crippen molar-refractivity contribution in [2.75, 3.05) is 19.7 Å². The minimum atomic E-state index is -0.515. The van der Waals surface area contributed by atoms with Crippen LogP contribution in [0.25, 0.3) is 0 Å². The van der Waals surface area contributed by atoms with E-state index in [2.05, 4.69) is 10.3 Å². The summed E-state index contributed by atoms with van der Waals surface area (Å²) in [5, 5.41) is 3.08. The van der Waals surface area contributed by atoms with E-state index in [1.165, 1.54) is 12.1 Å². The number of halogens is 1. The molecule has 8 heteroatoms. The fourth-order valence-electron chi connectivity index (χ4n) is 4.22. The maximum Gasteiger partial charge on any atom is 0.226 e. The molecule has 1 aromatic heterocycles. The standard InChI is InChI=1S/C26H29FN4O3/c1-30-16-14-28-25(30)24(19-9-11-21(27)12-10-19)29-26(33)20-6-5-15-31(18-20)23(32)13-17-34-22-7-3-2-4-8-22/h2-4,7-12,14,16,20,24H,5-6,13,15,17-18H2,1H3,(H,29,33). The van der Waals surface area contributed by atoms with Gasteiger partial charge in [-0.2, -0.15) is 0 Å². The van der Waals surface area contributed by atoms with Crippen LogP contribution in [0, 0.1) is 11.7 Å². The Morgan fingerprint density at radius 1 is 1.18 bits per heavy atom. The van der Waals surface area contributed by atoms with Gasteiger partial charge in [0.1, 0.15) is 23.4 Å². The number of imidazole rings is 1. The summed E-state index contributed by atoms with van der Waals surface area (Å²) in [6.45, 7) is 1.30. The number of hydrogen-bond acceptors (Lipinski definition) is 4. The average molecular weight is 465 g/mol. The van der Waals surface area contributed by atoms with Crippen LogP contribution in [0.5, 0.6) is 5.75 Å². The lowest BCUT2D eigenvalue weighted by Crippen LogP contribution is -2.46. The summed E-state index contributed by atoms with van der Waals surface area (Å²) in [6, 6.07) is 14.9. The fraction of sp³-hybridized carbons (Fsp3) is 0.346. The molecule has 7 nitrogen and oxygen atoms in total. The normalized spacial score (nSPS) is 16.6. The van der Waals surface area contributed by atoms with Crippen molar-refractivity contribution < 1.29 is 18.7 Å². The molecule has 1 aliphatic heterocycles. The van der Waals surface area contributed by atoms with Gasteiger partial charge in [0.05, 0.1) is 18.9 Å². The summed E-state index contributed by atoms with van der Waals surface area (Å²) in [6.07, 6.45) is 5.18. The molecule has 0 aliphatic carbocycles. The maximum atomic E-state index is 13.5. The van der Waals surface area contributed by atoms with Crippen LogP contribution in [0.3, 0.4) is 0 Å². The van der Waals surface area contributed by atoms with Crippen LogP contribution in [0.15, 0.2) is 67.0 Å². The Kier molecular flexibility index (Phi) is 7.57. The molecule has 1 fully saturated rings. The van der Waals surface area contributed by atoms with Gasteiger partial charge in [-0.05, 0) is 42.7 Å². The molecular formula is C26H29FN4O3. The molecule has 0 saturated carbocycles. The van der Waals surface area contributed by atoms with Crippen molar-refractivity contribution in [1.29, 1.82) is 0 Å². The van der Waals surface area contributed by atoms with E-state index in [9.17, 15) is 14.0 Å². The lowest BCUT2D eigenvalue weighted by molar-refractivity contribution is -0.136. The van der Waals surface area contributed by atoms with Gasteiger partial charge >= 0.3 is 0 Å². The smallest absolute Gasteiger partial charge is 0.226 e. The van der Waals surface area contributed by atoms with Gasteiger partial charge in [0.2, 0.25) is 11.8 Å². The van der Waals surface area contributed by atoms with E-state index >= 15 is 0 Å². The van der Waals surface area contributed by atoms with Gasteiger partial charge in [0, 0.05) is 32.5 Å². The van der Waals surface area contributed by atoms with Crippen LogP contribution in [0.2, 0.25) is 0 Å². The van der Waals surface area contributed by atoms with E-state index in [4.69, 9.17) is 4.74 Å². The number of nitrogens with zero attached hydrogens (tertiary/aromatic N) is 3. The largest absolute Gasteiger partial charge is 0.493 e.